The average Bonchev–Trinajstić information content (AvgIpc) is 2.71. The summed E-state index contributed by atoms with van der Waals surface area (Å²) in [4.78, 5) is 26.1. The Morgan fingerprint density at radius 2 is 2.28 bits per heavy atom. The molecule has 7 nitrogen and oxygen atoms in total. The van der Waals surface area contributed by atoms with E-state index >= 15 is 0 Å². The van der Waals surface area contributed by atoms with Crippen LogP contribution in [0.3, 0.4) is 0 Å². The zero-order chi connectivity index (χ0) is 13.5. The molecular formula is C10H15N3O4S. The van der Waals surface area contributed by atoms with Crippen LogP contribution in [0.4, 0.5) is 4.79 Å². The summed E-state index contributed by atoms with van der Waals surface area (Å²) < 4.78 is 0. The van der Waals surface area contributed by atoms with Crippen molar-refractivity contribution < 1.29 is 19.8 Å². The van der Waals surface area contributed by atoms with Crippen LogP contribution in [-0.4, -0.2) is 46.4 Å². The van der Waals surface area contributed by atoms with Crippen molar-refractivity contribution in [2.45, 2.75) is 19.4 Å². The normalized spacial score (nSPS) is 11.9. The monoisotopic (exact) mass is 273 g/mol. The highest BCUT2D eigenvalue weighted by Crippen LogP contribution is 2.07. The molecule has 2 amide bonds. The van der Waals surface area contributed by atoms with Crippen LogP contribution in [0, 0.1) is 6.92 Å². The highest BCUT2D eigenvalue weighted by Gasteiger charge is 2.18. The number of carbonyl (C=O) groups excluding carboxylic acids is 1. The summed E-state index contributed by atoms with van der Waals surface area (Å²) in [6.07, 6.45) is 0.578. The Morgan fingerprint density at radius 1 is 1.56 bits per heavy atom. The standard InChI is InChI=1S/C10H15N3O4S/c1-6-12-7(5-18-6)2-3-11-10(17)13-8(4-14)9(15)16/h5,8,14H,2-4H2,1H3,(H,15,16)(H2,11,13,17)/t8-/m0/s1. The first-order valence-electron chi connectivity index (χ1n) is 5.32. The van der Waals surface area contributed by atoms with Crippen molar-refractivity contribution in [3.05, 3.63) is 16.1 Å². The molecule has 0 aliphatic rings. The molecule has 0 aromatic carbocycles. The second-order valence-corrected chi connectivity index (χ2v) is 4.64. The SMILES string of the molecule is Cc1nc(CCNC(=O)N[C@@H](CO)C(=O)O)cs1. The fraction of sp³-hybridized carbons (Fsp3) is 0.500. The van der Waals surface area contributed by atoms with E-state index in [0.29, 0.717) is 13.0 Å². The van der Waals surface area contributed by atoms with Crippen molar-refractivity contribution in [1.82, 2.24) is 15.6 Å². The number of thiazole rings is 1. The minimum Gasteiger partial charge on any atom is -0.480 e. The number of aryl methyl sites for hydroxylation is 1. The van der Waals surface area contributed by atoms with Gasteiger partial charge >= 0.3 is 12.0 Å². The van der Waals surface area contributed by atoms with Crippen molar-refractivity contribution in [1.29, 1.82) is 0 Å². The number of carboxylic acids is 1. The minimum absolute atomic E-state index is 0.354. The van der Waals surface area contributed by atoms with Crippen LogP contribution in [0.15, 0.2) is 5.38 Å². The molecule has 0 saturated carbocycles. The van der Waals surface area contributed by atoms with Gasteiger partial charge in [-0.25, -0.2) is 14.6 Å². The molecule has 1 rings (SSSR count). The number of urea groups is 1. The molecule has 1 aromatic heterocycles. The lowest BCUT2D eigenvalue weighted by atomic mass is 10.3. The number of hydrogen-bond acceptors (Lipinski definition) is 5. The van der Waals surface area contributed by atoms with E-state index in [-0.39, 0.29) is 0 Å². The van der Waals surface area contributed by atoms with Crippen molar-refractivity contribution >= 4 is 23.3 Å². The molecule has 1 atom stereocenters. The van der Waals surface area contributed by atoms with Gasteiger partial charge in [-0.3, -0.25) is 0 Å². The summed E-state index contributed by atoms with van der Waals surface area (Å²) in [7, 11) is 0. The zero-order valence-electron chi connectivity index (χ0n) is 9.84. The van der Waals surface area contributed by atoms with Crippen LogP contribution < -0.4 is 10.6 Å². The number of aromatic nitrogens is 1. The third-order valence-electron chi connectivity index (χ3n) is 2.12. The van der Waals surface area contributed by atoms with Crippen LogP contribution in [0.2, 0.25) is 0 Å². The quantitative estimate of drug-likeness (QED) is 0.570. The van der Waals surface area contributed by atoms with E-state index in [2.05, 4.69) is 15.6 Å². The van der Waals surface area contributed by atoms with E-state index in [1.807, 2.05) is 12.3 Å². The summed E-state index contributed by atoms with van der Waals surface area (Å²) in [5.74, 6) is -1.28. The summed E-state index contributed by atoms with van der Waals surface area (Å²) in [5.41, 5.74) is 0.884. The summed E-state index contributed by atoms with van der Waals surface area (Å²) >= 11 is 1.53. The van der Waals surface area contributed by atoms with Gasteiger partial charge in [0.2, 0.25) is 0 Å². The predicted octanol–water partition coefficient (Wildman–Crippen LogP) is -0.261. The van der Waals surface area contributed by atoms with Gasteiger partial charge in [0.1, 0.15) is 0 Å². The van der Waals surface area contributed by atoms with Crippen molar-refractivity contribution in [3.8, 4) is 0 Å². The molecule has 0 fully saturated rings. The minimum atomic E-state index is -1.29. The smallest absolute Gasteiger partial charge is 0.328 e. The molecule has 0 bridgehead atoms. The first kappa shape index (κ1) is 14.4. The maximum Gasteiger partial charge on any atom is 0.328 e. The molecule has 0 radical (unpaired) electrons. The van der Waals surface area contributed by atoms with E-state index in [1.165, 1.54) is 11.3 Å². The highest BCUT2D eigenvalue weighted by molar-refractivity contribution is 7.09. The number of nitrogens with zero attached hydrogens (tertiary/aromatic N) is 1. The molecule has 4 N–H and O–H groups in total. The number of aliphatic carboxylic acids is 1. The number of rotatable bonds is 6. The Bertz CT molecular complexity index is 421. The average molecular weight is 273 g/mol. The first-order chi connectivity index (χ1) is 8.52. The predicted molar refractivity (Wildman–Crippen MR) is 65.6 cm³/mol. The Morgan fingerprint density at radius 3 is 2.78 bits per heavy atom. The van der Waals surface area contributed by atoms with Gasteiger partial charge in [0.15, 0.2) is 6.04 Å². The molecule has 0 spiro atoms. The molecule has 0 saturated heterocycles. The third-order valence-corrected chi connectivity index (χ3v) is 2.94. The Hall–Kier alpha value is -1.67. The number of aliphatic hydroxyl groups excluding tert-OH is 1. The summed E-state index contributed by atoms with van der Waals surface area (Å²) in [6, 6.07) is -1.91. The van der Waals surface area contributed by atoms with Crippen LogP contribution in [0.1, 0.15) is 10.7 Å². The molecule has 18 heavy (non-hydrogen) atoms. The van der Waals surface area contributed by atoms with Gasteiger partial charge in [-0.2, -0.15) is 0 Å². The van der Waals surface area contributed by atoms with Gasteiger partial charge in [-0.05, 0) is 6.92 Å². The zero-order valence-corrected chi connectivity index (χ0v) is 10.7. The topological polar surface area (TPSA) is 112 Å². The van der Waals surface area contributed by atoms with Gasteiger partial charge in [0.25, 0.3) is 0 Å². The summed E-state index contributed by atoms with van der Waals surface area (Å²) in [5, 5.41) is 24.8. The van der Waals surface area contributed by atoms with Gasteiger partial charge in [0, 0.05) is 18.3 Å². The molecule has 100 valence electrons. The van der Waals surface area contributed by atoms with Crippen LogP contribution in [0.25, 0.3) is 0 Å². The fourth-order valence-corrected chi connectivity index (χ4v) is 1.87. The maximum absolute atomic E-state index is 11.3. The van der Waals surface area contributed by atoms with E-state index in [0.717, 1.165) is 10.7 Å². The number of carboxylic acid groups (broad SMARTS) is 1. The van der Waals surface area contributed by atoms with E-state index < -0.39 is 24.6 Å². The Labute approximate surface area is 108 Å². The lowest BCUT2D eigenvalue weighted by molar-refractivity contribution is -0.140. The third kappa shape index (κ3) is 4.68. The lowest BCUT2D eigenvalue weighted by Crippen LogP contribution is -2.48. The second-order valence-electron chi connectivity index (χ2n) is 3.58. The Balaban J connectivity index is 2.26. The number of hydrogen-bond donors (Lipinski definition) is 4. The van der Waals surface area contributed by atoms with Crippen molar-refractivity contribution in [3.63, 3.8) is 0 Å². The van der Waals surface area contributed by atoms with Gasteiger partial charge in [-0.1, -0.05) is 0 Å². The molecule has 0 aliphatic carbocycles. The molecular weight excluding hydrogens is 258 g/mol. The first-order valence-corrected chi connectivity index (χ1v) is 6.20. The van der Waals surface area contributed by atoms with Crippen molar-refractivity contribution in [2.24, 2.45) is 0 Å². The molecule has 8 heteroatoms. The van der Waals surface area contributed by atoms with Gasteiger partial charge in [0.05, 0.1) is 17.3 Å². The van der Waals surface area contributed by atoms with Gasteiger partial charge < -0.3 is 20.8 Å². The largest absolute Gasteiger partial charge is 0.480 e. The van der Waals surface area contributed by atoms with Crippen LogP contribution >= 0.6 is 11.3 Å². The highest BCUT2D eigenvalue weighted by atomic mass is 32.1. The Kier molecular flexibility index (Phi) is 5.53. The van der Waals surface area contributed by atoms with E-state index in [9.17, 15) is 9.59 Å². The number of aliphatic hydroxyl groups is 1. The summed E-state index contributed by atoms with van der Waals surface area (Å²) in [6.45, 7) is 1.60. The van der Waals surface area contributed by atoms with Crippen molar-refractivity contribution in [2.75, 3.05) is 13.2 Å². The van der Waals surface area contributed by atoms with Gasteiger partial charge in [-0.15, -0.1) is 11.3 Å². The molecule has 0 aliphatic heterocycles. The van der Waals surface area contributed by atoms with Crippen LogP contribution in [-0.2, 0) is 11.2 Å². The number of carbonyl (C=O) groups is 2. The number of amides is 2. The lowest BCUT2D eigenvalue weighted by Gasteiger charge is -2.12. The van der Waals surface area contributed by atoms with Crippen LogP contribution in [0.5, 0.6) is 0 Å². The van der Waals surface area contributed by atoms with E-state index in [4.69, 9.17) is 10.2 Å². The van der Waals surface area contributed by atoms with E-state index in [1.54, 1.807) is 0 Å². The molecule has 1 aromatic rings. The molecule has 1 heterocycles. The second kappa shape index (κ2) is 6.92. The number of nitrogens with one attached hydrogen (secondary N) is 2. The molecule has 0 unspecified atom stereocenters. The fourth-order valence-electron chi connectivity index (χ4n) is 1.22. The maximum atomic E-state index is 11.3.